The summed E-state index contributed by atoms with van der Waals surface area (Å²) < 4.78 is 38.1. The van der Waals surface area contributed by atoms with Crippen molar-refractivity contribution in [3.8, 4) is 11.5 Å². The lowest BCUT2D eigenvalue weighted by Crippen LogP contribution is -2.52. The van der Waals surface area contributed by atoms with Gasteiger partial charge >= 0.3 is 0 Å². The number of hydrogen-bond donors (Lipinski definition) is 0. The Labute approximate surface area is 195 Å². The number of anilines is 2. The van der Waals surface area contributed by atoms with Crippen molar-refractivity contribution in [3.63, 3.8) is 0 Å². The lowest BCUT2D eigenvalue weighted by atomic mass is 10.1. The van der Waals surface area contributed by atoms with E-state index in [1.807, 2.05) is 0 Å². The van der Waals surface area contributed by atoms with Crippen LogP contribution in [0.1, 0.15) is 18.1 Å². The Kier molecular flexibility index (Phi) is 6.69. The molecule has 0 spiro atoms. The van der Waals surface area contributed by atoms with Gasteiger partial charge in [0.05, 0.1) is 11.4 Å². The topological polar surface area (TPSA) is 79.4 Å². The molecule has 0 N–H and O–H groups in total. The minimum absolute atomic E-state index is 0.102. The second kappa shape index (κ2) is 9.51. The lowest BCUT2D eigenvalue weighted by molar-refractivity contribution is -0.129. The highest BCUT2D eigenvalue weighted by atomic mass is 32.2. The van der Waals surface area contributed by atoms with Crippen molar-refractivity contribution in [1.29, 1.82) is 0 Å². The average Bonchev–Trinajstić information content (AvgIpc) is 2.84. The molecule has 178 valence electrons. The highest BCUT2D eigenvalue weighted by molar-refractivity contribution is 7.92. The highest BCUT2D eigenvalue weighted by Gasteiger charge is 2.29. The maximum atomic E-state index is 13.1. The van der Waals surface area contributed by atoms with Gasteiger partial charge in [-0.05, 0) is 50.1 Å². The first-order valence-corrected chi connectivity index (χ1v) is 12.9. The number of hydrogen-bond acceptors (Lipinski definition) is 6. The molecule has 1 saturated heterocycles. The van der Waals surface area contributed by atoms with Gasteiger partial charge in [0, 0.05) is 37.9 Å². The van der Waals surface area contributed by atoms with Crippen molar-refractivity contribution in [3.05, 3.63) is 47.5 Å². The van der Waals surface area contributed by atoms with Crippen LogP contribution in [0.3, 0.4) is 0 Å². The Bertz CT molecular complexity index is 1130. The number of rotatable bonds is 6. The molecule has 9 heteroatoms. The molecule has 1 fully saturated rings. The molecule has 2 aromatic carbocycles. The molecule has 2 aliphatic heterocycles. The fraction of sp³-hybridized carbons (Fsp3) is 0.458. The maximum Gasteiger partial charge on any atom is 0.243 e. The molecular formula is C24H31N3O5S. The van der Waals surface area contributed by atoms with E-state index in [1.165, 1.54) is 21.1 Å². The van der Waals surface area contributed by atoms with E-state index in [2.05, 4.69) is 36.9 Å². The molecule has 0 unspecified atom stereocenters. The summed E-state index contributed by atoms with van der Waals surface area (Å²) in [5, 5.41) is 0. The van der Waals surface area contributed by atoms with E-state index in [0.717, 1.165) is 0 Å². The Hall–Kier alpha value is -2.94. The van der Waals surface area contributed by atoms with Gasteiger partial charge in [-0.2, -0.15) is 0 Å². The fourth-order valence-corrected chi connectivity index (χ4v) is 5.24. The van der Waals surface area contributed by atoms with Crippen LogP contribution in [0.2, 0.25) is 0 Å². The van der Waals surface area contributed by atoms with E-state index in [-0.39, 0.29) is 18.2 Å². The van der Waals surface area contributed by atoms with Crippen molar-refractivity contribution >= 4 is 27.3 Å². The third-order valence-corrected chi connectivity index (χ3v) is 8.08. The molecule has 2 heterocycles. The van der Waals surface area contributed by atoms with Crippen molar-refractivity contribution in [2.24, 2.45) is 0 Å². The van der Waals surface area contributed by atoms with E-state index < -0.39 is 10.0 Å². The van der Waals surface area contributed by atoms with Crippen LogP contribution in [-0.4, -0.2) is 70.9 Å². The van der Waals surface area contributed by atoms with Gasteiger partial charge in [0.1, 0.15) is 19.8 Å². The number of carbonyl (C=O) groups excluding carboxylic acids is 1. The molecule has 2 aromatic rings. The predicted octanol–water partition coefficient (Wildman–Crippen LogP) is 2.58. The number of fused-ring (bicyclic) bond motifs is 1. The van der Waals surface area contributed by atoms with Gasteiger partial charge in [-0.15, -0.1) is 0 Å². The van der Waals surface area contributed by atoms with E-state index >= 15 is 0 Å². The molecule has 0 radical (unpaired) electrons. The van der Waals surface area contributed by atoms with E-state index in [0.29, 0.717) is 56.6 Å². The number of benzene rings is 2. The number of ether oxygens (including phenoxy) is 2. The summed E-state index contributed by atoms with van der Waals surface area (Å²) in [6.45, 7) is 8.92. The lowest BCUT2D eigenvalue weighted by Gasteiger charge is -2.38. The van der Waals surface area contributed by atoms with E-state index in [4.69, 9.17) is 9.47 Å². The number of sulfonamides is 1. The molecule has 8 nitrogen and oxygen atoms in total. The number of aryl methyl sites for hydroxylation is 1. The Balaban J connectivity index is 1.47. The molecule has 33 heavy (non-hydrogen) atoms. The monoisotopic (exact) mass is 473 g/mol. The normalized spacial score (nSPS) is 16.0. The third-order valence-electron chi connectivity index (χ3n) is 6.34. The van der Waals surface area contributed by atoms with Crippen LogP contribution in [-0.2, 0) is 14.8 Å². The second-order valence-corrected chi connectivity index (χ2v) is 10.5. The minimum atomic E-state index is -3.66. The first kappa shape index (κ1) is 23.2. The van der Waals surface area contributed by atoms with Gasteiger partial charge in [-0.25, -0.2) is 8.42 Å². The zero-order valence-electron chi connectivity index (χ0n) is 19.4. The second-order valence-electron chi connectivity index (χ2n) is 8.32. The highest BCUT2D eigenvalue weighted by Crippen LogP contribution is 2.35. The summed E-state index contributed by atoms with van der Waals surface area (Å²) in [7, 11) is -3.66. The summed E-state index contributed by atoms with van der Waals surface area (Å²) >= 11 is 0. The average molecular weight is 474 g/mol. The smallest absolute Gasteiger partial charge is 0.243 e. The van der Waals surface area contributed by atoms with Crippen LogP contribution in [0.4, 0.5) is 11.4 Å². The largest absolute Gasteiger partial charge is 0.486 e. The standard InChI is InChI=1S/C24H31N3O5S/c1-4-33(29,30)27(20-8-9-22-23(16-20)32-15-14-31-22)17-24(28)26-12-10-25(11-13-26)21-7-5-6-18(2)19(21)3/h5-9,16H,4,10-15,17H2,1-3H3. The van der Waals surface area contributed by atoms with Gasteiger partial charge in [-0.1, -0.05) is 12.1 Å². The van der Waals surface area contributed by atoms with Crippen molar-refractivity contribution in [2.75, 3.05) is 60.9 Å². The van der Waals surface area contributed by atoms with Crippen molar-refractivity contribution < 1.29 is 22.7 Å². The van der Waals surface area contributed by atoms with Crippen molar-refractivity contribution in [2.45, 2.75) is 20.8 Å². The van der Waals surface area contributed by atoms with Gasteiger partial charge in [-0.3, -0.25) is 9.10 Å². The zero-order chi connectivity index (χ0) is 23.6. The number of nitrogens with zero attached hydrogens (tertiary/aromatic N) is 3. The van der Waals surface area contributed by atoms with Crippen LogP contribution < -0.4 is 18.7 Å². The maximum absolute atomic E-state index is 13.1. The molecule has 0 atom stereocenters. The Morgan fingerprint density at radius 1 is 1.00 bits per heavy atom. The quantitative estimate of drug-likeness (QED) is 0.642. The van der Waals surface area contributed by atoms with Crippen LogP contribution in [0, 0.1) is 13.8 Å². The van der Waals surface area contributed by atoms with Crippen LogP contribution in [0.5, 0.6) is 11.5 Å². The zero-order valence-corrected chi connectivity index (χ0v) is 20.2. The SMILES string of the molecule is CCS(=O)(=O)N(CC(=O)N1CCN(c2cccc(C)c2C)CC1)c1ccc2c(c1)OCCO2. The molecule has 2 aliphatic rings. The number of piperazine rings is 1. The summed E-state index contributed by atoms with van der Waals surface area (Å²) in [4.78, 5) is 17.2. The number of amides is 1. The fourth-order valence-electron chi connectivity index (χ4n) is 4.19. The van der Waals surface area contributed by atoms with Gasteiger partial charge < -0.3 is 19.3 Å². The van der Waals surface area contributed by atoms with E-state index in [9.17, 15) is 13.2 Å². The van der Waals surface area contributed by atoms with Crippen LogP contribution in [0.25, 0.3) is 0 Å². The van der Waals surface area contributed by atoms with Crippen LogP contribution in [0.15, 0.2) is 36.4 Å². The molecule has 0 aromatic heterocycles. The molecule has 0 bridgehead atoms. The molecule has 0 saturated carbocycles. The summed E-state index contributed by atoms with van der Waals surface area (Å²) in [5.41, 5.74) is 4.08. The predicted molar refractivity (Wildman–Crippen MR) is 129 cm³/mol. The molecule has 4 rings (SSSR count). The minimum Gasteiger partial charge on any atom is -0.486 e. The first-order chi connectivity index (χ1) is 15.8. The van der Waals surface area contributed by atoms with Gasteiger partial charge in [0.15, 0.2) is 11.5 Å². The number of carbonyl (C=O) groups is 1. The first-order valence-electron chi connectivity index (χ1n) is 11.3. The van der Waals surface area contributed by atoms with Crippen molar-refractivity contribution in [1.82, 2.24) is 4.90 Å². The Morgan fingerprint density at radius 3 is 2.39 bits per heavy atom. The van der Waals surface area contributed by atoms with Crippen LogP contribution >= 0.6 is 0 Å². The summed E-state index contributed by atoms with van der Waals surface area (Å²) in [6, 6.07) is 11.2. The Morgan fingerprint density at radius 2 is 1.70 bits per heavy atom. The van der Waals surface area contributed by atoms with Gasteiger partial charge in [0.2, 0.25) is 15.9 Å². The van der Waals surface area contributed by atoms with E-state index in [1.54, 1.807) is 30.0 Å². The molecule has 1 amide bonds. The molecular weight excluding hydrogens is 442 g/mol. The summed E-state index contributed by atoms with van der Waals surface area (Å²) in [6.07, 6.45) is 0. The third kappa shape index (κ3) is 4.88. The van der Waals surface area contributed by atoms with Gasteiger partial charge in [0.25, 0.3) is 0 Å². The molecule has 0 aliphatic carbocycles. The summed E-state index contributed by atoms with van der Waals surface area (Å²) in [5.74, 6) is 0.759.